The third kappa shape index (κ3) is 2.79. The van der Waals surface area contributed by atoms with Crippen LogP contribution in [-0.4, -0.2) is 59.1 Å². The number of aliphatic hydroxyl groups excluding tert-OH is 1. The molecule has 0 radical (unpaired) electrons. The second-order valence-electron chi connectivity index (χ2n) is 6.46. The van der Waals surface area contributed by atoms with Gasteiger partial charge in [0.15, 0.2) is 0 Å². The van der Waals surface area contributed by atoms with Gasteiger partial charge in [-0.15, -0.1) is 0 Å². The van der Waals surface area contributed by atoms with Gasteiger partial charge in [0.25, 0.3) is 0 Å². The molecule has 2 heterocycles. The lowest BCUT2D eigenvalue weighted by atomic mass is 9.81. The van der Waals surface area contributed by atoms with Crippen molar-refractivity contribution in [2.75, 3.05) is 19.6 Å². The van der Waals surface area contributed by atoms with Crippen LogP contribution in [0, 0.1) is 5.92 Å². The van der Waals surface area contributed by atoms with E-state index >= 15 is 0 Å². The standard InChI is InChI=1S/C15H27N3O3/c1-4-9-18-13(20)11(12(19)10(2)3)17-14(21)15(18)5-7-16-8-6-15/h10-12,16,19H,4-9H2,1-3H3,(H,17,21)/t11-,12-/m1/s1. The molecule has 0 bridgehead atoms. The van der Waals surface area contributed by atoms with Gasteiger partial charge in [0, 0.05) is 6.54 Å². The number of piperazine rings is 1. The normalized spacial score (nSPS) is 27.1. The fraction of sp³-hybridized carbons (Fsp3) is 0.867. The number of rotatable bonds is 4. The Hall–Kier alpha value is -1.14. The molecule has 2 fully saturated rings. The van der Waals surface area contributed by atoms with E-state index in [4.69, 9.17) is 0 Å². The van der Waals surface area contributed by atoms with Gasteiger partial charge in [0.1, 0.15) is 11.6 Å². The maximum Gasteiger partial charge on any atom is 0.248 e. The second kappa shape index (κ2) is 6.32. The molecule has 120 valence electrons. The summed E-state index contributed by atoms with van der Waals surface area (Å²) in [6, 6.07) is -0.815. The van der Waals surface area contributed by atoms with E-state index in [1.165, 1.54) is 0 Å². The van der Waals surface area contributed by atoms with Crippen LogP contribution in [0.5, 0.6) is 0 Å². The smallest absolute Gasteiger partial charge is 0.248 e. The first kappa shape index (κ1) is 16.2. The zero-order chi connectivity index (χ0) is 15.6. The van der Waals surface area contributed by atoms with Crippen molar-refractivity contribution in [3.05, 3.63) is 0 Å². The van der Waals surface area contributed by atoms with Crippen molar-refractivity contribution in [2.24, 2.45) is 5.92 Å². The maximum atomic E-state index is 12.8. The van der Waals surface area contributed by atoms with Gasteiger partial charge >= 0.3 is 0 Å². The molecular weight excluding hydrogens is 270 g/mol. The summed E-state index contributed by atoms with van der Waals surface area (Å²) >= 11 is 0. The van der Waals surface area contributed by atoms with Crippen molar-refractivity contribution in [3.8, 4) is 0 Å². The fourth-order valence-corrected chi connectivity index (χ4v) is 3.34. The van der Waals surface area contributed by atoms with Crippen LogP contribution < -0.4 is 10.6 Å². The van der Waals surface area contributed by atoms with Crippen molar-refractivity contribution >= 4 is 11.8 Å². The topological polar surface area (TPSA) is 81.7 Å². The summed E-state index contributed by atoms with van der Waals surface area (Å²) in [6.45, 7) is 7.74. The van der Waals surface area contributed by atoms with Crippen LogP contribution in [0.15, 0.2) is 0 Å². The van der Waals surface area contributed by atoms with Crippen molar-refractivity contribution in [1.29, 1.82) is 0 Å². The van der Waals surface area contributed by atoms with E-state index in [9.17, 15) is 14.7 Å². The van der Waals surface area contributed by atoms with Gasteiger partial charge in [-0.3, -0.25) is 9.59 Å². The van der Waals surface area contributed by atoms with Crippen LogP contribution in [0.25, 0.3) is 0 Å². The lowest BCUT2D eigenvalue weighted by Crippen LogP contribution is -2.74. The zero-order valence-electron chi connectivity index (χ0n) is 13.2. The molecule has 6 heteroatoms. The van der Waals surface area contributed by atoms with Gasteiger partial charge < -0.3 is 20.6 Å². The first-order valence-electron chi connectivity index (χ1n) is 7.95. The van der Waals surface area contributed by atoms with E-state index < -0.39 is 17.7 Å². The minimum Gasteiger partial charge on any atom is -0.390 e. The Bertz CT molecular complexity index is 405. The molecule has 21 heavy (non-hydrogen) atoms. The Balaban J connectivity index is 2.30. The largest absolute Gasteiger partial charge is 0.390 e. The number of nitrogens with one attached hydrogen (secondary N) is 2. The molecule has 0 aromatic rings. The molecule has 6 nitrogen and oxygen atoms in total. The van der Waals surface area contributed by atoms with Gasteiger partial charge in [-0.05, 0) is 38.3 Å². The summed E-state index contributed by atoms with van der Waals surface area (Å²) in [4.78, 5) is 27.2. The lowest BCUT2D eigenvalue weighted by Gasteiger charge is -2.51. The zero-order valence-corrected chi connectivity index (χ0v) is 13.2. The van der Waals surface area contributed by atoms with E-state index in [0.29, 0.717) is 19.4 Å². The van der Waals surface area contributed by atoms with Gasteiger partial charge in [0.05, 0.1) is 6.10 Å². The molecule has 0 aromatic heterocycles. The molecule has 3 N–H and O–H groups in total. The summed E-state index contributed by atoms with van der Waals surface area (Å²) in [5.41, 5.74) is -0.731. The van der Waals surface area contributed by atoms with E-state index in [0.717, 1.165) is 19.5 Å². The van der Waals surface area contributed by atoms with Crippen LogP contribution in [0.2, 0.25) is 0 Å². The van der Waals surface area contributed by atoms with Crippen LogP contribution >= 0.6 is 0 Å². The summed E-state index contributed by atoms with van der Waals surface area (Å²) in [5, 5.41) is 16.3. The Morgan fingerprint density at radius 2 is 1.95 bits per heavy atom. The van der Waals surface area contributed by atoms with Crippen molar-refractivity contribution < 1.29 is 14.7 Å². The van der Waals surface area contributed by atoms with E-state index in [2.05, 4.69) is 10.6 Å². The number of aliphatic hydroxyl groups is 1. The molecule has 0 aromatic carbocycles. The highest BCUT2D eigenvalue weighted by Crippen LogP contribution is 2.32. The molecule has 2 saturated heterocycles. The Morgan fingerprint density at radius 1 is 1.33 bits per heavy atom. The summed E-state index contributed by atoms with van der Waals surface area (Å²) in [6.07, 6.45) is 1.22. The molecular formula is C15H27N3O3. The molecule has 0 saturated carbocycles. The summed E-state index contributed by atoms with van der Waals surface area (Å²) in [7, 11) is 0. The van der Waals surface area contributed by atoms with Crippen molar-refractivity contribution in [1.82, 2.24) is 15.5 Å². The average molecular weight is 297 g/mol. The Kier molecular flexibility index (Phi) is 4.88. The minimum atomic E-state index is -0.847. The SMILES string of the molecule is CCCN1C(=O)[C@@H]([C@H](O)C(C)C)NC(=O)C12CCNCC2. The molecule has 1 spiro atoms. The number of carbonyl (C=O) groups is 2. The summed E-state index contributed by atoms with van der Waals surface area (Å²) < 4.78 is 0. The number of piperidine rings is 1. The predicted octanol–water partition coefficient (Wildman–Crippen LogP) is -0.137. The van der Waals surface area contributed by atoms with Gasteiger partial charge in [-0.2, -0.15) is 0 Å². The first-order valence-corrected chi connectivity index (χ1v) is 7.95. The van der Waals surface area contributed by atoms with Gasteiger partial charge in [-0.1, -0.05) is 20.8 Å². The molecule has 2 amide bonds. The quantitative estimate of drug-likeness (QED) is 0.675. The second-order valence-corrected chi connectivity index (χ2v) is 6.46. The highest BCUT2D eigenvalue weighted by atomic mass is 16.3. The number of hydrogen-bond donors (Lipinski definition) is 3. The number of carbonyl (C=O) groups excluding carboxylic acids is 2. The van der Waals surface area contributed by atoms with Crippen LogP contribution in [0.1, 0.15) is 40.0 Å². The van der Waals surface area contributed by atoms with Gasteiger partial charge in [0.2, 0.25) is 11.8 Å². The minimum absolute atomic E-state index is 0.0789. The van der Waals surface area contributed by atoms with Crippen molar-refractivity contribution in [3.63, 3.8) is 0 Å². The maximum absolute atomic E-state index is 12.8. The van der Waals surface area contributed by atoms with Gasteiger partial charge in [-0.25, -0.2) is 0 Å². The highest BCUT2D eigenvalue weighted by molar-refractivity contribution is 6.00. The number of nitrogens with zero attached hydrogens (tertiary/aromatic N) is 1. The molecule has 2 rings (SSSR count). The number of hydrogen-bond acceptors (Lipinski definition) is 4. The molecule has 0 aliphatic carbocycles. The third-order valence-electron chi connectivity index (χ3n) is 4.66. The van der Waals surface area contributed by atoms with Crippen LogP contribution in [0.3, 0.4) is 0 Å². The molecule has 2 aliphatic heterocycles. The molecule has 2 atom stereocenters. The summed E-state index contributed by atoms with van der Waals surface area (Å²) in [5.74, 6) is -0.328. The van der Waals surface area contributed by atoms with E-state index in [1.54, 1.807) is 4.90 Å². The van der Waals surface area contributed by atoms with Crippen molar-refractivity contribution in [2.45, 2.75) is 57.7 Å². The first-order chi connectivity index (χ1) is 9.94. The molecule has 2 aliphatic rings. The van der Waals surface area contributed by atoms with Crippen LogP contribution in [-0.2, 0) is 9.59 Å². The van der Waals surface area contributed by atoms with Crippen LogP contribution in [0.4, 0.5) is 0 Å². The molecule has 0 unspecified atom stereocenters. The van der Waals surface area contributed by atoms with E-state index in [1.807, 2.05) is 20.8 Å². The average Bonchev–Trinajstić information content (AvgIpc) is 2.48. The predicted molar refractivity (Wildman–Crippen MR) is 79.6 cm³/mol. The van der Waals surface area contributed by atoms with E-state index in [-0.39, 0.29) is 17.7 Å². The Labute approximate surface area is 126 Å². The Morgan fingerprint density at radius 3 is 2.48 bits per heavy atom. The monoisotopic (exact) mass is 297 g/mol. The fourth-order valence-electron chi connectivity index (χ4n) is 3.34. The highest BCUT2D eigenvalue weighted by Gasteiger charge is 2.53. The third-order valence-corrected chi connectivity index (χ3v) is 4.66. The number of amides is 2. The lowest BCUT2D eigenvalue weighted by molar-refractivity contribution is -0.163.